The van der Waals surface area contributed by atoms with Crippen molar-refractivity contribution in [3.05, 3.63) is 69.8 Å². The van der Waals surface area contributed by atoms with Crippen molar-refractivity contribution in [2.24, 2.45) is 4.99 Å². The van der Waals surface area contributed by atoms with Crippen LogP contribution in [0.2, 0.25) is 0 Å². The topological polar surface area (TPSA) is 74.6 Å². The molecule has 1 aromatic heterocycles. The Morgan fingerprint density at radius 3 is 2.74 bits per heavy atom. The quantitative estimate of drug-likeness (QED) is 0.686. The third-order valence-corrected chi connectivity index (χ3v) is 5.30. The summed E-state index contributed by atoms with van der Waals surface area (Å²) in [4.78, 5) is 20.7. The lowest BCUT2D eigenvalue weighted by molar-refractivity contribution is 0.0697. The Labute approximate surface area is 159 Å². The van der Waals surface area contributed by atoms with Gasteiger partial charge in [-0.05, 0) is 26.0 Å². The number of fused-ring (bicyclic) bond motifs is 1. The SMILES string of the molecule is CC1(C)N=C(c2nc(-c3ccccc3C(=O)O)cs2)Nc2c(F)cccc21. The van der Waals surface area contributed by atoms with Gasteiger partial charge in [0, 0.05) is 16.5 Å². The third-order valence-electron chi connectivity index (χ3n) is 4.45. The number of carbonyl (C=O) groups is 1. The molecule has 2 aromatic carbocycles. The number of amidine groups is 1. The number of nitrogens with zero attached hydrogens (tertiary/aromatic N) is 2. The molecule has 0 aliphatic carbocycles. The number of benzene rings is 2. The summed E-state index contributed by atoms with van der Waals surface area (Å²) < 4.78 is 14.3. The van der Waals surface area contributed by atoms with Crippen LogP contribution in [0.4, 0.5) is 10.1 Å². The van der Waals surface area contributed by atoms with Crippen molar-refractivity contribution in [1.29, 1.82) is 0 Å². The van der Waals surface area contributed by atoms with Crippen LogP contribution in [0.1, 0.15) is 34.8 Å². The summed E-state index contributed by atoms with van der Waals surface area (Å²) in [5.74, 6) is -0.881. The fourth-order valence-electron chi connectivity index (χ4n) is 3.15. The van der Waals surface area contributed by atoms with E-state index in [1.54, 1.807) is 35.7 Å². The number of nitrogens with one attached hydrogen (secondary N) is 1. The van der Waals surface area contributed by atoms with Crippen LogP contribution in [-0.2, 0) is 5.54 Å². The Morgan fingerprint density at radius 1 is 1.19 bits per heavy atom. The zero-order valence-corrected chi connectivity index (χ0v) is 15.5. The lowest BCUT2D eigenvalue weighted by atomic mass is 9.91. The van der Waals surface area contributed by atoms with E-state index in [1.165, 1.54) is 17.4 Å². The molecule has 0 bridgehead atoms. The number of thiazole rings is 1. The fraction of sp³-hybridized carbons (Fsp3) is 0.150. The summed E-state index contributed by atoms with van der Waals surface area (Å²) in [6.07, 6.45) is 0. The zero-order valence-electron chi connectivity index (χ0n) is 14.7. The van der Waals surface area contributed by atoms with E-state index in [9.17, 15) is 14.3 Å². The van der Waals surface area contributed by atoms with Crippen LogP contribution in [0.3, 0.4) is 0 Å². The maximum absolute atomic E-state index is 14.3. The van der Waals surface area contributed by atoms with Gasteiger partial charge in [-0.1, -0.05) is 30.3 Å². The number of aliphatic imine (C=N–C) groups is 1. The molecule has 0 atom stereocenters. The van der Waals surface area contributed by atoms with Gasteiger partial charge in [0.1, 0.15) is 5.82 Å². The van der Waals surface area contributed by atoms with Gasteiger partial charge in [-0.3, -0.25) is 4.99 Å². The zero-order chi connectivity index (χ0) is 19.2. The van der Waals surface area contributed by atoms with Crippen molar-refractivity contribution in [3.8, 4) is 11.3 Å². The van der Waals surface area contributed by atoms with Crippen LogP contribution in [0.5, 0.6) is 0 Å². The molecule has 0 unspecified atom stereocenters. The molecule has 0 saturated heterocycles. The van der Waals surface area contributed by atoms with Crippen molar-refractivity contribution < 1.29 is 14.3 Å². The van der Waals surface area contributed by atoms with Gasteiger partial charge < -0.3 is 10.4 Å². The molecule has 2 heterocycles. The molecule has 1 aliphatic rings. The van der Waals surface area contributed by atoms with Gasteiger partial charge in [0.25, 0.3) is 0 Å². The lowest BCUT2D eigenvalue weighted by Gasteiger charge is -2.30. The van der Waals surface area contributed by atoms with Gasteiger partial charge >= 0.3 is 5.97 Å². The number of para-hydroxylation sites is 1. The predicted molar refractivity (Wildman–Crippen MR) is 104 cm³/mol. The number of carboxylic acids is 1. The van der Waals surface area contributed by atoms with E-state index in [0.29, 0.717) is 27.8 Å². The third kappa shape index (κ3) is 3.00. The smallest absolute Gasteiger partial charge is 0.336 e. The van der Waals surface area contributed by atoms with Gasteiger partial charge in [0.15, 0.2) is 10.8 Å². The Bertz CT molecular complexity index is 1090. The van der Waals surface area contributed by atoms with Crippen LogP contribution in [0, 0.1) is 5.82 Å². The Morgan fingerprint density at radius 2 is 1.96 bits per heavy atom. The van der Waals surface area contributed by atoms with Crippen LogP contribution < -0.4 is 5.32 Å². The molecule has 0 saturated carbocycles. The molecule has 0 spiro atoms. The monoisotopic (exact) mass is 381 g/mol. The second-order valence-corrected chi connectivity index (χ2v) is 7.55. The van der Waals surface area contributed by atoms with E-state index in [-0.39, 0.29) is 11.4 Å². The molecular weight excluding hydrogens is 365 g/mol. The summed E-state index contributed by atoms with van der Waals surface area (Å²) in [5.41, 5.74) is 1.84. The highest BCUT2D eigenvalue weighted by Crippen LogP contribution is 2.38. The minimum absolute atomic E-state index is 0.185. The molecular formula is C20H16FN3O2S. The first-order valence-electron chi connectivity index (χ1n) is 8.31. The van der Waals surface area contributed by atoms with E-state index in [0.717, 1.165) is 5.56 Å². The number of hydrogen-bond donors (Lipinski definition) is 2. The molecule has 0 fully saturated rings. The molecule has 4 rings (SSSR count). The highest BCUT2D eigenvalue weighted by molar-refractivity contribution is 7.12. The average Bonchev–Trinajstić information content (AvgIpc) is 3.12. The van der Waals surface area contributed by atoms with Crippen molar-refractivity contribution >= 4 is 28.8 Å². The molecule has 1 aliphatic heterocycles. The summed E-state index contributed by atoms with van der Waals surface area (Å²) >= 11 is 1.33. The predicted octanol–water partition coefficient (Wildman–Crippen LogP) is 4.75. The molecule has 27 heavy (non-hydrogen) atoms. The second kappa shape index (κ2) is 6.28. The van der Waals surface area contributed by atoms with Crippen LogP contribution in [-0.4, -0.2) is 21.9 Å². The van der Waals surface area contributed by atoms with Gasteiger partial charge in [-0.2, -0.15) is 0 Å². The van der Waals surface area contributed by atoms with Crippen LogP contribution >= 0.6 is 11.3 Å². The molecule has 0 radical (unpaired) electrons. The van der Waals surface area contributed by atoms with Crippen molar-refractivity contribution in [3.63, 3.8) is 0 Å². The molecule has 0 amide bonds. The number of anilines is 1. The summed E-state index contributed by atoms with van der Waals surface area (Å²) in [6, 6.07) is 11.6. The van der Waals surface area contributed by atoms with Gasteiger partial charge in [-0.25, -0.2) is 14.2 Å². The normalized spacial score (nSPS) is 14.9. The molecule has 5 nitrogen and oxygen atoms in total. The average molecular weight is 381 g/mol. The van der Waals surface area contributed by atoms with Crippen molar-refractivity contribution in [2.45, 2.75) is 19.4 Å². The Balaban J connectivity index is 1.76. The number of aromatic nitrogens is 1. The molecule has 136 valence electrons. The number of rotatable bonds is 3. The van der Waals surface area contributed by atoms with E-state index in [4.69, 9.17) is 4.99 Å². The first-order chi connectivity index (χ1) is 12.9. The molecule has 7 heteroatoms. The van der Waals surface area contributed by atoms with E-state index in [1.807, 2.05) is 19.9 Å². The van der Waals surface area contributed by atoms with E-state index < -0.39 is 11.5 Å². The number of carboxylic acid groups (broad SMARTS) is 1. The first-order valence-corrected chi connectivity index (χ1v) is 9.19. The highest BCUT2D eigenvalue weighted by atomic mass is 32.1. The number of hydrogen-bond acceptors (Lipinski definition) is 5. The first kappa shape index (κ1) is 17.4. The minimum atomic E-state index is -1.01. The molecule has 3 aromatic rings. The maximum atomic E-state index is 14.3. The maximum Gasteiger partial charge on any atom is 0.336 e. The van der Waals surface area contributed by atoms with E-state index >= 15 is 0 Å². The standard InChI is InChI=1S/C20H16FN3O2S/c1-20(2)13-8-5-9-14(21)16(13)23-17(24-20)18-22-15(10-27-18)11-6-3-4-7-12(11)19(25)26/h3-10H,1-2H3,(H,23,24)(H,25,26). The summed E-state index contributed by atoms with van der Waals surface area (Å²) in [7, 11) is 0. The van der Waals surface area contributed by atoms with E-state index in [2.05, 4.69) is 10.3 Å². The number of halogens is 1. The Kier molecular flexibility index (Phi) is 4.04. The van der Waals surface area contributed by atoms with Crippen molar-refractivity contribution in [2.75, 3.05) is 5.32 Å². The fourth-order valence-corrected chi connectivity index (χ4v) is 3.91. The number of aromatic carboxylic acids is 1. The second-order valence-electron chi connectivity index (χ2n) is 6.70. The summed E-state index contributed by atoms with van der Waals surface area (Å²) in [5, 5.41) is 14.8. The van der Waals surface area contributed by atoms with Crippen molar-refractivity contribution in [1.82, 2.24) is 4.98 Å². The van der Waals surface area contributed by atoms with Crippen LogP contribution in [0.15, 0.2) is 52.8 Å². The van der Waals surface area contributed by atoms with Gasteiger partial charge in [-0.15, -0.1) is 11.3 Å². The minimum Gasteiger partial charge on any atom is -0.478 e. The van der Waals surface area contributed by atoms with Gasteiger partial charge in [0.05, 0.1) is 22.5 Å². The largest absolute Gasteiger partial charge is 0.478 e. The van der Waals surface area contributed by atoms with Gasteiger partial charge in [0.2, 0.25) is 0 Å². The summed E-state index contributed by atoms with van der Waals surface area (Å²) in [6.45, 7) is 3.83. The van der Waals surface area contributed by atoms with Crippen LogP contribution in [0.25, 0.3) is 11.3 Å². The lowest BCUT2D eigenvalue weighted by Crippen LogP contribution is -2.30. The molecule has 2 N–H and O–H groups in total. The Hall–Kier alpha value is -3.06. The highest BCUT2D eigenvalue weighted by Gasteiger charge is 2.31.